The number of aromatic nitrogens is 2. The predicted molar refractivity (Wildman–Crippen MR) is 145 cm³/mol. The summed E-state index contributed by atoms with van der Waals surface area (Å²) in [5.41, 5.74) is 2.69. The fraction of sp³-hybridized carbons (Fsp3) is 0.367. The van der Waals surface area contributed by atoms with Gasteiger partial charge < -0.3 is 28.4 Å². The second-order valence-electron chi connectivity index (χ2n) is 9.59. The van der Waals surface area contributed by atoms with Crippen LogP contribution >= 0.6 is 0 Å². The molecule has 0 bridgehead atoms. The van der Waals surface area contributed by atoms with E-state index in [1.54, 1.807) is 23.0 Å². The average molecular weight is 581 g/mol. The maximum Gasteiger partial charge on any atom is 0.303 e. The highest BCUT2D eigenvalue weighted by molar-refractivity contribution is 5.68. The van der Waals surface area contributed by atoms with Gasteiger partial charge in [0.1, 0.15) is 18.5 Å². The van der Waals surface area contributed by atoms with Gasteiger partial charge in [0.05, 0.1) is 5.69 Å². The van der Waals surface area contributed by atoms with Gasteiger partial charge >= 0.3 is 23.9 Å². The topological polar surface area (TPSA) is 141 Å². The van der Waals surface area contributed by atoms with Crippen molar-refractivity contribution in [3.63, 3.8) is 0 Å². The molecule has 12 nitrogen and oxygen atoms in total. The molecule has 4 rings (SSSR count). The van der Waals surface area contributed by atoms with Gasteiger partial charge in [0.15, 0.2) is 12.2 Å². The molecule has 222 valence electrons. The van der Waals surface area contributed by atoms with Crippen molar-refractivity contribution in [1.29, 1.82) is 0 Å². The molecule has 3 aromatic rings. The van der Waals surface area contributed by atoms with Gasteiger partial charge in [0.25, 0.3) is 0 Å². The molecule has 1 aromatic heterocycles. The summed E-state index contributed by atoms with van der Waals surface area (Å²) in [4.78, 5) is 47.8. The Kier molecular flexibility index (Phi) is 9.92. The van der Waals surface area contributed by atoms with Crippen molar-refractivity contribution in [2.45, 2.75) is 64.8 Å². The van der Waals surface area contributed by atoms with Crippen molar-refractivity contribution >= 4 is 23.9 Å². The van der Waals surface area contributed by atoms with E-state index in [1.165, 1.54) is 13.8 Å². The minimum Gasteiger partial charge on any atom is -0.463 e. The first-order valence-corrected chi connectivity index (χ1v) is 13.2. The van der Waals surface area contributed by atoms with E-state index in [2.05, 4.69) is 5.10 Å². The predicted octanol–water partition coefficient (Wildman–Crippen LogP) is 2.93. The summed E-state index contributed by atoms with van der Waals surface area (Å²) in [6.07, 6.45) is -2.31. The number of benzene rings is 2. The van der Waals surface area contributed by atoms with E-state index in [1.807, 2.05) is 48.7 Å². The smallest absolute Gasteiger partial charge is 0.303 e. The van der Waals surface area contributed by atoms with Crippen LogP contribution in [0.15, 0.2) is 67.0 Å². The number of nitrogens with zero attached hydrogens (tertiary/aromatic N) is 2. The zero-order chi connectivity index (χ0) is 30.2. The van der Waals surface area contributed by atoms with Crippen molar-refractivity contribution in [3.05, 3.63) is 78.1 Å². The minimum absolute atomic E-state index is 0.345. The summed E-state index contributed by atoms with van der Waals surface area (Å²) in [7, 11) is 0. The fourth-order valence-electron chi connectivity index (χ4n) is 4.58. The Hall–Kier alpha value is -4.71. The van der Waals surface area contributed by atoms with Gasteiger partial charge in [-0.3, -0.25) is 19.2 Å². The third kappa shape index (κ3) is 7.94. The molecule has 0 radical (unpaired) electrons. The lowest BCUT2D eigenvalue weighted by molar-refractivity contribution is -0.288. The monoisotopic (exact) mass is 580 g/mol. The first-order valence-electron chi connectivity index (χ1n) is 13.2. The van der Waals surface area contributed by atoms with Crippen LogP contribution in [0.2, 0.25) is 0 Å². The molecule has 1 saturated heterocycles. The molecular weight excluding hydrogens is 548 g/mol. The quantitative estimate of drug-likeness (QED) is 0.258. The lowest BCUT2D eigenvalue weighted by Crippen LogP contribution is -2.63. The molecule has 12 heteroatoms. The molecule has 0 amide bonds. The first kappa shape index (κ1) is 30.3. The molecule has 1 aliphatic heterocycles. The maximum atomic E-state index is 12.1. The highest BCUT2D eigenvalue weighted by Gasteiger charge is 2.53. The van der Waals surface area contributed by atoms with Crippen LogP contribution in [0.5, 0.6) is 5.75 Å². The van der Waals surface area contributed by atoms with Crippen LogP contribution in [-0.4, -0.2) is 71.0 Å². The van der Waals surface area contributed by atoms with Crippen LogP contribution in [0, 0.1) is 0 Å². The van der Waals surface area contributed by atoms with Crippen LogP contribution in [0.25, 0.3) is 5.69 Å². The number of hydrogen-bond acceptors (Lipinski definition) is 11. The lowest BCUT2D eigenvalue weighted by Gasteiger charge is -2.44. The molecule has 0 aliphatic carbocycles. The van der Waals surface area contributed by atoms with Crippen LogP contribution in [-0.2, 0) is 49.3 Å². The van der Waals surface area contributed by atoms with Gasteiger partial charge in [0.2, 0.25) is 12.4 Å². The normalized spacial score (nSPS) is 21.6. The summed E-state index contributed by atoms with van der Waals surface area (Å²) in [6, 6.07) is 16.9. The molecule has 0 spiro atoms. The van der Waals surface area contributed by atoms with Crippen LogP contribution < -0.4 is 4.74 Å². The Morgan fingerprint density at radius 2 is 1.43 bits per heavy atom. The average Bonchev–Trinajstić information content (AvgIpc) is 3.47. The molecule has 2 aromatic carbocycles. The van der Waals surface area contributed by atoms with E-state index in [-0.39, 0.29) is 6.61 Å². The molecule has 5 atom stereocenters. The number of carbonyl (C=O) groups is 4. The van der Waals surface area contributed by atoms with E-state index in [0.29, 0.717) is 12.2 Å². The second kappa shape index (κ2) is 13.8. The van der Waals surface area contributed by atoms with Crippen molar-refractivity contribution in [2.75, 3.05) is 6.61 Å². The van der Waals surface area contributed by atoms with Gasteiger partial charge in [-0.1, -0.05) is 30.3 Å². The van der Waals surface area contributed by atoms with Gasteiger partial charge in [0, 0.05) is 46.5 Å². The lowest BCUT2D eigenvalue weighted by atomic mass is 9.98. The Morgan fingerprint density at radius 3 is 2.05 bits per heavy atom. The van der Waals surface area contributed by atoms with Crippen LogP contribution in [0.3, 0.4) is 0 Å². The molecular formula is C30H32N2O10. The van der Waals surface area contributed by atoms with Gasteiger partial charge in [-0.15, -0.1) is 0 Å². The molecule has 0 saturated carbocycles. The summed E-state index contributed by atoms with van der Waals surface area (Å²) in [5.74, 6) is -2.33. The number of carbonyl (C=O) groups excluding carboxylic acids is 4. The van der Waals surface area contributed by atoms with Crippen molar-refractivity contribution in [3.8, 4) is 11.4 Å². The third-order valence-corrected chi connectivity index (χ3v) is 6.26. The summed E-state index contributed by atoms with van der Waals surface area (Å²) >= 11 is 0. The molecule has 42 heavy (non-hydrogen) atoms. The molecule has 0 unspecified atom stereocenters. The van der Waals surface area contributed by atoms with Crippen molar-refractivity contribution in [2.24, 2.45) is 0 Å². The SMILES string of the molecule is CC(=O)OC[C@H]1O[C@@H](Oc2ccccc2Cc2ccc(-n3cccn3)cc2)[C@H](OC(C)=O)[C@@H](OC(C)=O)[C@@H]1OC(C)=O. The van der Waals surface area contributed by atoms with Gasteiger partial charge in [-0.2, -0.15) is 5.10 Å². The zero-order valence-corrected chi connectivity index (χ0v) is 23.6. The number of esters is 4. The molecule has 1 aliphatic rings. The van der Waals surface area contributed by atoms with Gasteiger partial charge in [-0.25, -0.2) is 4.68 Å². The Bertz CT molecular complexity index is 1390. The van der Waals surface area contributed by atoms with Crippen molar-refractivity contribution in [1.82, 2.24) is 9.78 Å². The Labute approximate surface area is 242 Å². The number of rotatable bonds is 10. The van der Waals surface area contributed by atoms with E-state index >= 15 is 0 Å². The Morgan fingerprint density at radius 1 is 0.786 bits per heavy atom. The maximum absolute atomic E-state index is 12.1. The molecule has 0 N–H and O–H groups in total. The zero-order valence-electron chi connectivity index (χ0n) is 23.6. The largest absolute Gasteiger partial charge is 0.463 e. The summed E-state index contributed by atoms with van der Waals surface area (Å²) in [6.45, 7) is 4.36. The summed E-state index contributed by atoms with van der Waals surface area (Å²) in [5, 5.41) is 4.24. The third-order valence-electron chi connectivity index (χ3n) is 6.26. The van der Waals surface area contributed by atoms with Gasteiger partial charge in [-0.05, 0) is 35.4 Å². The Balaban J connectivity index is 1.64. The highest BCUT2D eigenvalue weighted by Crippen LogP contribution is 2.32. The minimum atomic E-state index is -1.33. The van der Waals surface area contributed by atoms with Crippen LogP contribution in [0.4, 0.5) is 0 Å². The standard InChI is InChI=1S/C30H32N2O10/c1-18(33)37-17-26-27(38-19(2)34)28(39-20(3)35)29(40-21(4)36)30(42-26)41-25-9-6-5-8-23(25)16-22-10-12-24(13-11-22)32-15-7-14-31-32/h5-15,26-30H,16-17H2,1-4H3/t26-,27-,28+,29-,30-/m1/s1. The van der Waals surface area contributed by atoms with Crippen LogP contribution in [0.1, 0.15) is 38.8 Å². The molecule has 2 heterocycles. The number of ether oxygens (including phenoxy) is 6. The highest BCUT2D eigenvalue weighted by atomic mass is 16.7. The molecule has 1 fully saturated rings. The van der Waals surface area contributed by atoms with E-state index in [9.17, 15) is 19.2 Å². The second-order valence-corrected chi connectivity index (χ2v) is 9.59. The first-order chi connectivity index (χ1) is 20.1. The van der Waals surface area contributed by atoms with E-state index in [0.717, 1.165) is 30.7 Å². The number of para-hydroxylation sites is 1. The van der Waals surface area contributed by atoms with Crippen molar-refractivity contribution < 1.29 is 47.6 Å². The van der Waals surface area contributed by atoms with E-state index in [4.69, 9.17) is 28.4 Å². The number of hydrogen-bond donors (Lipinski definition) is 0. The fourth-order valence-corrected chi connectivity index (χ4v) is 4.58. The van der Waals surface area contributed by atoms with E-state index < -0.39 is 54.6 Å². The summed E-state index contributed by atoms with van der Waals surface area (Å²) < 4.78 is 35.7.